The van der Waals surface area contributed by atoms with Gasteiger partial charge in [0, 0.05) is 23.7 Å². The molecule has 2 nitrogen and oxygen atoms in total. The van der Waals surface area contributed by atoms with E-state index in [-0.39, 0.29) is 35.2 Å². The molecule has 0 spiro atoms. The number of ketones is 2. The van der Waals surface area contributed by atoms with Crippen LogP contribution >= 0.6 is 0 Å². The molecule has 3 rings (SSSR count). The van der Waals surface area contributed by atoms with Crippen molar-refractivity contribution in [2.45, 2.75) is 0 Å². The fourth-order valence-electron chi connectivity index (χ4n) is 2.65. The van der Waals surface area contributed by atoms with E-state index >= 15 is 0 Å². The van der Waals surface area contributed by atoms with Crippen LogP contribution in [0.3, 0.4) is 0 Å². The number of Topliss-reactive ketones (excluding diaryl/α,β-unsaturated/α-hetero) is 1. The second-order valence-corrected chi connectivity index (χ2v) is 3.70. The molecule has 0 aromatic rings. The first-order chi connectivity index (χ1) is 5.79. The van der Waals surface area contributed by atoms with Crippen LogP contribution in [-0.4, -0.2) is 11.6 Å². The minimum Gasteiger partial charge on any atom is -0.298 e. The van der Waals surface area contributed by atoms with Gasteiger partial charge in [-0.15, -0.1) is 0 Å². The summed E-state index contributed by atoms with van der Waals surface area (Å²) in [4.78, 5) is 22.8. The van der Waals surface area contributed by atoms with Crippen LogP contribution in [0.2, 0.25) is 0 Å². The van der Waals surface area contributed by atoms with Crippen molar-refractivity contribution in [1.29, 1.82) is 0 Å². The van der Waals surface area contributed by atoms with Crippen LogP contribution in [0.4, 0.5) is 0 Å². The normalized spacial score (nSPS) is 47.7. The second-order valence-electron chi connectivity index (χ2n) is 3.70. The lowest BCUT2D eigenvalue weighted by Crippen LogP contribution is -2.20. The lowest BCUT2D eigenvalue weighted by Gasteiger charge is -2.15. The summed E-state index contributed by atoms with van der Waals surface area (Å²) in [6.07, 6.45) is 7.39. The van der Waals surface area contributed by atoms with Gasteiger partial charge >= 0.3 is 0 Å². The smallest absolute Gasteiger partial charge is 0.160 e. The zero-order valence-electron chi connectivity index (χ0n) is 6.44. The minimum absolute atomic E-state index is 0.0164. The van der Waals surface area contributed by atoms with E-state index in [1.165, 1.54) is 0 Å². The molecule has 60 valence electrons. The third kappa shape index (κ3) is 0.501. The molecule has 0 aromatic heterocycles. The van der Waals surface area contributed by atoms with Crippen molar-refractivity contribution in [2.75, 3.05) is 0 Å². The predicted molar refractivity (Wildman–Crippen MR) is 42.3 cm³/mol. The summed E-state index contributed by atoms with van der Waals surface area (Å²) in [5.41, 5.74) is 0. The maximum absolute atomic E-state index is 11.5. The summed E-state index contributed by atoms with van der Waals surface area (Å²) in [5.74, 6) is 0.477. The molecule has 0 heterocycles. The standard InChI is InChI=1S/C10H8O2/c11-8-4-3-5-6-1-2-7(9(5)8)10(6)12/h1-7,9H/t5-,6+,7+,9-/m1/s1. The molecule has 3 aliphatic carbocycles. The molecule has 2 heteroatoms. The number of allylic oxidation sites excluding steroid dienone is 4. The van der Waals surface area contributed by atoms with Gasteiger partial charge in [-0.2, -0.15) is 0 Å². The van der Waals surface area contributed by atoms with Crippen molar-refractivity contribution < 1.29 is 9.59 Å². The van der Waals surface area contributed by atoms with Gasteiger partial charge in [0.25, 0.3) is 0 Å². The highest BCUT2D eigenvalue weighted by Gasteiger charge is 2.54. The Balaban J connectivity index is 2.13. The van der Waals surface area contributed by atoms with Crippen LogP contribution in [0, 0.1) is 23.7 Å². The Hall–Kier alpha value is -1.18. The molecule has 0 amide bonds. The van der Waals surface area contributed by atoms with Crippen LogP contribution in [0.15, 0.2) is 24.3 Å². The lowest BCUT2D eigenvalue weighted by molar-refractivity contribution is -0.124. The Morgan fingerprint density at radius 1 is 1.00 bits per heavy atom. The first-order valence-corrected chi connectivity index (χ1v) is 4.23. The molecule has 2 bridgehead atoms. The Morgan fingerprint density at radius 2 is 1.75 bits per heavy atom. The van der Waals surface area contributed by atoms with Crippen molar-refractivity contribution in [2.24, 2.45) is 23.7 Å². The molecule has 4 atom stereocenters. The maximum Gasteiger partial charge on any atom is 0.160 e. The van der Waals surface area contributed by atoms with Crippen LogP contribution in [-0.2, 0) is 9.59 Å². The molecule has 0 unspecified atom stereocenters. The van der Waals surface area contributed by atoms with Gasteiger partial charge in [0.05, 0.1) is 0 Å². The van der Waals surface area contributed by atoms with Gasteiger partial charge in [0.1, 0.15) is 5.78 Å². The fraction of sp³-hybridized carbons (Fsp3) is 0.400. The molecule has 12 heavy (non-hydrogen) atoms. The number of rotatable bonds is 0. The van der Waals surface area contributed by atoms with E-state index in [4.69, 9.17) is 0 Å². The summed E-state index contributed by atoms with van der Waals surface area (Å²) >= 11 is 0. The molecule has 0 aliphatic heterocycles. The van der Waals surface area contributed by atoms with E-state index in [0.29, 0.717) is 0 Å². The van der Waals surface area contributed by atoms with Crippen LogP contribution in [0.1, 0.15) is 0 Å². The highest BCUT2D eigenvalue weighted by Crippen LogP contribution is 2.48. The topological polar surface area (TPSA) is 34.1 Å². The first kappa shape index (κ1) is 6.35. The average Bonchev–Trinajstić information content (AvgIpc) is 2.66. The monoisotopic (exact) mass is 160 g/mol. The van der Waals surface area contributed by atoms with Gasteiger partial charge in [-0.1, -0.05) is 18.2 Å². The number of carbonyl (C=O) groups excluding carboxylic acids is 2. The van der Waals surface area contributed by atoms with Gasteiger partial charge in [0.15, 0.2) is 5.78 Å². The third-order valence-corrected chi connectivity index (χ3v) is 3.21. The number of carbonyl (C=O) groups is 2. The van der Waals surface area contributed by atoms with Crippen molar-refractivity contribution >= 4 is 11.6 Å². The van der Waals surface area contributed by atoms with Crippen molar-refractivity contribution in [3.63, 3.8) is 0 Å². The number of hydrogen-bond donors (Lipinski definition) is 0. The van der Waals surface area contributed by atoms with Crippen LogP contribution < -0.4 is 0 Å². The van der Waals surface area contributed by atoms with E-state index in [1.807, 2.05) is 18.2 Å². The van der Waals surface area contributed by atoms with Gasteiger partial charge in [-0.05, 0) is 6.08 Å². The molecular weight excluding hydrogens is 152 g/mol. The Bertz CT molecular complexity index is 338. The summed E-state index contributed by atoms with van der Waals surface area (Å²) in [6, 6.07) is 0. The van der Waals surface area contributed by atoms with Gasteiger partial charge < -0.3 is 0 Å². The van der Waals surface area contributed by atoms with E-state index in [2.05, 4.69) is 0 Å². The molecule has 1 saturated carbocycles. The molecule has 3 aliphatic rings. The number of fused-ring (bicyclic) bond motifs is 5. The largest absolute Gasteiger partial charge is 0.298 e. The van der Waals surface area contributed by atoms with Gasteiger partial charge in [-0.25, -0.2) is 0 Å². The van der Waals surface area contributed by atoms with Crippen LogP contribution in [0.25, 0.3) is 0 Å². The Morgan fingerprint density at radius 3 is 2.50 bits per heavy atom. The maximum atomic E-state index is 11.5. The molecule has 1 fully saturated rings. The zero-order chi connectivity index (χ0) is 8.29. The fourth-order valence-corrected chi connectivity index (χ4v) is 2.65. The summed E-state index contributed by atoms with van der Waals surface area (Å²) in [5, 5.41) is 0. The average molecular weight is 160 g/mol. The first-order valence-electron chi connectivity index (χ1n) is 4.23. The van der Waals surface area contributed by atoms with Gasteiger partial charge in [-0.3, -0.25) is 9.59 Å². The Kier molecular flexibility index (Phi) is 0.932. The van der Waals surface area contributed by atoms with Crippen molar-refractivity contribution in [3.8, 4) is 0 Å². The molecule has 0 aromatic carbocycles. The quantitative estimate of drug-likeness (QED) is 0.490. The lowest BCUT2D eigenvalue weighted by atomic mass is 9.85. The zero-order valence-corrected chi connectivity index (χ0v) is 6.44. The molecular formula is C10H8O2. The van der Waals surface area contributed by atoms with E-state index < -0.39 is 0 Å². The molecule has 0 radical (unpaired) electrons. The Labute approximate surface area is 70.0 Å². The highest BCUT2D eigenvalue weighted by atomic mass is 16.1. The van der Waals surface area contributed by atoms with E-state index in [1.54, 1.807) is 6.08 Å². The van der Waals surface area contributed by atoms with E-state index in [0.717, 1.165) is 0 Å². The van der Waals surface area contributed by atoms with Crippen molar-refractivity contribution in [3.05, 3.63) is 24.3 Å². The summed E-state index contributed by atoms with van der Waals surface area (Å²) in [7, 11) is 0. The second kappa shape index (κ2) is 1.76. The van der Waals surface area contributed by atoms with Crippen molar-refractivity contribution in [1.82, 2.24) is 0 Å². The molecule has 0 saturated heterocycles. The third-order valence-electron chi connectivity index (χ3n) is 3.21. The molecule has 0 N–H and O–H groups in total. The predicted octanol–water partition coefficient (Wildman–Crippen LogP) is 0.743. The summed E-state index contributed by atoms with van der Waals surface area (Å²) < 4.78 is 0. The summed E-state index contributed by atoms with van der Waals surface area (Å²) in [6.45, 7) is 0. The van der Waals surface area contributed by atoms with Crippen LogP contribution in [0.5, 0.6) is 0 Å². The highest BCUT2D eigenvalue weighted by molar-refractivity contribution is 6.05. The SMILES string of the molecule is O=C1C=C[C@H]2[C@@H]1[C@@H]1C=C[C@@H]2C1=O. The van der Waals surface area contributed by atoms with Gasteiger partial charge in [0.2, 0.25) is 0 Å². The number of hydrogen-bond acceptors (Lipinski definition) is 2. The minimum atomic E-state index is -0.0949. The van der Waals surface area contributed by atoms with E-state index in [9.17, 15) is 9.59 Å².